The van der Waals surface area contributed by atoms with Crippen molar-refractivity contribution < 1.29 is 9.69 Å². The van der Waals surface area contributed by atoms with Gasteiger partial charge in [-0.05, 0) is 25.5 Å². The van der Waals surface area contributed by atoms with Crippen molar-refractivity contribution in [1.29, 1.82) is 0 Å². The predicted molar refractivity (Wildman–Crippen MR) is 92.1 cm³/mol. The second-order valence-corrected chi connectivity index (χ2v) is 6.12. The Morgan fingerprint density at radius 2 is 2.04 bits per heavy atom. The highest BCUT2D eigenvalue weighted by atomic mass is 35.5. The van der Waals surface area contributed by atoms with E-state index in [0.717, 1.165) is 34.8 Å². The van der Waals surface area contributed by atoms with E-state index >= 15 is 0 Å². The van der Waals surface area contributed by atoms with Gasteiger partial charge in [0, 0.05) is 6.54 Å². The minimum absolute atomic E-state index is 0.0635. The van der Waals surface area contributed by atoms with Crippen LogP contribution < -0.4 is 10.2 Å². The Labute approximate surface area is 142 Å². The number of halogens is 1. The van der Waals surface area contributed by atoms with Crippen LogP contribution in [-0.4, -0.2) is 35.8 Å². The lowest BCUT2D eigenvalue weighted by Crippen LogP contribution is -3.09. The molecule has 0 fully saturated rings. The third kappa shape index (κ3) is 4.56. The fourth-order valence-electron chi connectivity index (χ4n) is 2.44. The molecule has 0 aliphatic carbocycles. The Kier molecular flexibility index (Phi) is 6.19. The number of aromatic nitrogens is 2. The zero-order valence-electron chi connectivity index (χ0n) is 13.9. The van der Waals surface area contributed by atoms with Gasteiger partial charge in [0.1, 0.15) is 11.7 Å². The molecule has 5 nitrogen and oxygen atoms in total. The lowest BCUT2D eigenvalue weighted by atomic mass is 10.2. The highest BCUT2D eigenvalue weighted by Gasteiger charge is 2.19. The predicted octanol–water partition coefficient (Wildman–Crippen LogP) is 1.38. The van der Waals surface area contributed by atoms with Crippen molar-refractivity contribution in [3.63, 3.8) is 0 Å². The Bertz CT molecular complexity index is 654. The van der Waals surface area contributed by atoms with Crippen LogP contribution in [0.15, 0.2) is 30.3 Å². The van der Waals surface area contributed by atoms with E-state index in [1.165, 1.54) is 0 Å². The van der Waals surface area contributed by atoms with E-state index in [2.05, 4.69) is 10.4 Å². The average Bonchev–Trinajstić information content (AvgIpc) is 2.82. The standard InChI is InChI=1S/C17H23ClN4O/c1-4-10-19-16(23)12-21(3)11-15-13(2)20-22(17(15)18)14-8-6-5-7-9-14/h5-9H,4,10-12H2,1-3H3,(H,19,23)/p+1. The van der Waals surface area contributed by atoms with Crippen LogP contribution in [-0.2, 0) is 11.3 Å². The molecule has 0 spiro atoms. The molecule has 0 saturated carbocycles. The fraction of sp³-hybridized carbons (Fsp3) is 0.412. The van der Waals surface area contributed by atoms with Crippen molar-refractivity contribution in [3.8, 4) is 5.69 Å². The van der Waals surface area contributed by atoms with Crippen molar-refractivity contribution in [1.82, 2.24) is 15.1 Å². The van der Waals surface area contributed by atoms with Crippen LogP contribution >= 0.6 is 11.6 Å². The van der Waals surface area contributed by atoms with Gasteiger partial charge in [0.25, 0.3) is 5.91 Å². The van der Waals surface area contributed by atoms with Crippen molar-refractivity contribution in [2.24, 2.45) is 0 Å². The number of likely N-dealkylation sites (N-methyl/N-ethyl adjacent to an activating group) is 1. The van der Waals surface area contributed by atoms with E-state index in [-0.39, 0.29) is 5.91 Å². The van der Waals surface area contributed by atoms with Gasteiger partial charge in [-0.15, -0.1) is 0 Å². The summed E-state index contributed by atoms with van der Waals surface area (Å²) in [5, 5.41) is 8.04. The van der Waals surface area contributed by atoms with Gasteiger partial charge in [-0.25, -0.2) is 4.68 Å². The Hall–Kier alpha value is -1.85. The second-order valence-electron chi connectivity index (χ2n) is 5.76. The van der Waals surface area contributed by atoms with E-state index in [9.17, 15) is 4.79 Å². The lowest BCUT2D eigenvalue weighted by Gasteiger charge is -2.13. The first-order chi connectivity index (χ1) is 11.0. The first-order valence-corrected chi connectivity index (χ1v) is 8.28. The molecule has 124 valence electrons. The van der Waals surface area contributed by atoms with Gasteiger partial charge < -0.3 is 10.2 Å². The van der Waals surface area contributed by atoms with Crippen LogP contribution in [0.3, 0.4) is 0 Å². The third-order valence-electron chi connectivity index (χ3n) is 3.64. The molecule has 1 amide bonds. The maximum absolute atomic E-state index is 11.8. The molecule has 0 aliphatic rings. The number of hydrogen-bond donors (Lipinski definition) is 2. The molecular weight excluding hydrogens is 312 g/mol. The number of benzene rings is 1. The summed E-state index contributed by atoms with van der Waals surface area (Å²) in [7, 11) is 1.99. The lowest BCUT2D eigenvalue weighted by molar-refractivity contribution is -0.885. The van der Waals surface area contributed by atoms with Crippen LogP contribution in [0.4, 0.5) is 0 Å². The van der Waals surface area contributed by atoms with Crippen molar-refractivity contribution in [3.05, 3.63) is 46.7 Å². The molecule has 1 unspecified atom stereocenters. The fourth-order valence-corrected chi connectivity index (χ4v) is 2.78. The van der Waals surface area contributed by atoms with Gasteiger partial charge in [0.2, 0.25) is 0 Å². The Morgan fingerprint density at radius 1 is 1.35 bits per heavy atom. The van der Waals surface area contributed by atoms with Crippen molar-refractivity contribution in [2.75, 3.05) is 20.1 Å². The summed E-state index contributed by atoms with van der Waals surface area (Å²) in [4.78, 5) is 12.9. The van der Waals surface area contributed by atoms with Crippen LogP contribution in [0.2, 0.25) is 5.15 Å². The number of quaternary nitrogens is 1. The topological polar surface area (TPSA) is 51.4 Å². The second kappa shape index (κ2) is 8.13. The van der Waals surface area contributed by atoms with Crippen LogP contribution in [0.5, 0.6) is 0 Å². The van der Waals surface area contributed by atoms with Gasteiger partial charge in [-0.2, -0.15) is 5.10 Å². The zero-order valence-corrected chi connectivity index (χ0v) is 14.7. The molecule has 0 radical (unpaired) electrons. The van der Waals surface area contributed by atoms with E-state index in [1.807, 2.05) is 51.2 Å². The summed E-state index contributed by atoms with van der Waals surface area (Å²) in [5.41, 5.74) is 2.81. The van der Waals surface area contributed by atoms with E-state index in [1.54, 1.807) is 4.68 Å². The molecule has 0 bridgehead atoms. The number of nitrogens with zero attached hydrogens (tertiary/aromatic N) is 2. The normalized spacial score (nSPS) is 12.2. The van der Waals surface area contributed by atoms with Gasteiger partial charge >= 0.3 is 0 Å². The van der Waals surface area contributed by atoms with E-state index in [4.69, 9.17) is 11.6 Å². The third-order valence-corrected chi connectivity index (χ3v) is 4.02. The van der Waals surface area contributed by atoms with Crippen LogP contribution in [0.25, 0.3) is 5.69 Å². The molecule has 23 heavy (non-hydrogen) atoms. The number of para-hydroxylation sites is 1. The van der Waals surface area contributed by atoms with Crippen molar-refractivity contribution in [2.45, 2.75) is 26.8 Å². The number of carbonyl (C=O) groups excluding carboxylic acids is 1. The van der Waals surface area contributed by atoms with Gasteiger partial charge in [-0.3, -0.25) is 4.79 Å². The number of nitrogens with one attached hydrogen (secondary N) is 2. The molecule has 1 aromatic heterocycles. The summed E-state index contributed by atoms with van der Waals surface area (Å²) in [5.74, 6) is 0.0635. The summed E-state index contributed by atoms with van der Waals surface area (Å²) in [6.07, 6.45) is 0.944. The zero-order chi connectivity index (χ0) is 16.8. The number of hydrogen-bond acceptors (Lipinski definition) is 2. The maximum atomic E-state index is 11.8. The molecule has 0 aliphatic heterocycles. The minimum atomic E-state index is 0.0635. The number of aryl methyl sites for hydroxylation is 1. The van der Waals surface area contributed by atoms with E-state index in [0.29, 0.717) is 18.2 Å². The first kappa shape index (κ1) is 17.5. The van der Waals surface area contributed by atoms with Gasteiger partial charge in [0.15, 0.2) is 6.54 Å². The Morgan fingerprint density at radius 3 is 2.70 bits per heavy atom. The van der Waals surface area contributed by atoms with Gasteiger partial charge in [-0.1, -0.05) is 36.7 Å². The summed E-state index contributed by atoms with van der Waals surface area (Å²) < 4.78 is 1.75. The molecule has 6 heteroatoms. The molecular formula is C17H24ClN4O+. The van der Waals surface area contributed by atoms with Crippen LogP contribution in [0.1, 0.15) is 24.6 Å². The molecule has 1 atom stereocenters. The number of rotatable bonds is 7. The quantitative estimate of drug-likeness (QED) is 0.803. The molecule has 2 rings (SSSR count). The van der Waals surface area contributed by atoms with Gasteiger partial charge in [0.05, 0.1) is 24.0 Å². The first-order valence-electron chi connectivity index (χ1n) is 7.90. The van der Waals surface area contributed by atoms with Crippen LogP contribution in [0, 0.1) is 6.92 Å². The minimum Gasteiger partial charge on any atom is -0.351 e. The maximum Gasteiger partial charge on any atom is 0.275 e. The monoisotopic (exact) mass is 335 g/mol. The molecule has 2 N–H and O–H groups in total. The Balaban J connectivity index is 2.09. The molecule has 0 saturated heterocycles. The highest BCUT2D eigenvalue weighted by molar-refractivity contribution is 6.30. The van der Waals surface area contributed by atoms with Crippen molar-refractivity contribution >= 4 is 17.5 Å². The highest BCUT2D eigenvalue weighted by Crippen LogP contribution is 2.22. The smallest absolute Gasteiger partial charge is 0.275 e. The summed E-state index contributed by atoms with van der Waals surface area (Å²) >= 11 is 6.51. The molecule has 1 heterocycles. The SMILES string of the molecule is CCCNC(=O)C[NH+](C)Cc1c(C)nn(-c2ccccc2)c1Cl. The number of carbonyl (C=O) groups is 1. The molecule has 2 aromatic rings. The number of amides is 1. The van der Waals surface area contributed by atoms with E-state index < -0.39 is 0 Å². The summed E-state index contributed by atoms with van der Waals surface area (Å²) in [6.45, 7) is 5.80. The summed E-state index contributed by atoms with van der Waals surface area (Å²) in [6, 6.07) is 9.81. The largest absolute Gasteiger partial charge is 0.351 e. The average molecular weight is 336 g/mol. The molecule has 1 aromatic carbocycles.